The molecule has 33 heavy (non-hydrogen) atoms. The molecule has 2 saturated carbocycles. The number of rotatable bonds is 7. The summed E-state index contributed by atoms with van der Waals surface area (Å²) in [6.45, 7) is 2.06. The number of nitrogens with two attached hydrogens (primary N) is 1. The van der Waals surface area contributed by atoms with E-state index >= 15 is 0 Å². The van der Waals surface area contributed by atoms with Crippen LogP contribution in [0.1, 0.15) is 44.6 Å². The molecular formula is C24H34N8O. The fourth-order valence-corrected chi connectivity index (χ4v) is 5.90. The van der Waals surface area contributed by atoms with E-state index in [0.717, 1.165) is 30.2 Å². The highest BCUT2D eigenvalue weighted by Crippen LogP contribution is 2.52. The van der Waals surface area contributed by atoms with Crippen molar-refractivity contribution in [3.63, 3.8) is 0 Å². The number of aromatic amines is 1. The predicted molar refractivity (Wildman–Crippen MR) is 130 cm³/mol. The Bertz CT molecular complexity index is 1230. The molecule has 0 spiro atoms. The van der Waals surface area contributed by atoms with Gasteiger partial charge >= 0.3 is 0 Å². The number of fused-ring (bicyclic) bond motifs is 1. The monoisotopic (exact) mass is 450 g/mol. The van der Waals surface area contributed by atoms with Crippen molar-refractivity contribution in [2.75, 3.05) is 37.8 Å². The standard InChI is InChI=1S/C24H34N8O/c1-29(2)12-16-5-4-10-31(16)19-11-18(28-30(19)3)17-13-32(22(14-6-7-14)15-8-9-15)24(33)20-21(17)26-27-23(20)25/h11,13-16,22H,4-10,12H2,1-3H3,(H3,25,26,27)/t16-/m1/s1. The van der Waals surface area contributed by atoms with E-state index in [1.165, 1.54) is 38.5 Å². The first-order valence-electron chi connectivity index (χ1n) is 12.3. The van der Waals surface area contributed by atoms with Gasteiger partial charge in [0.15, 0.2) is 5.82 Å². The van der Waals surface area contributed by atoms with Crippen molar-refractivity contribution in [3.8, 4) is 11.3 Å². The number of hydrogen-bond acceptors (Lipinski definition) is 6. The first kappa shape index (κ1) is 20.8. The molecule has 6 rings (SSSR count). The molecule has 0 amide bonds. The van der Waals surface area contributed by atoms with Crippen LogP contribution in [0.2, 0.25) is 0 Å². The number of hydrogen-bond donors (Lipinski definition) is 2. The van der Waals surface area contributed by atoms with Gasteiger partial charge in [0.1, 0.15) is 11.2 Å². The maximum atomic E-state index is 13.5. The van der Waals surface area contributed by atoms with Crippen molar-refractivity contribution in [2.24, 2.45) is 18.9 Å². The van der Waals surface area contributed by atoms with Crippen LogP contribution < -0.4 is 16.2 Å². The number of nitrogens with zero attached hydrogens (tertiary/aromatic N) is 6. The highest BCUT2D eigenvalue weighted by molar-refractivity contribution is 5.97. The Hall–Kier alpha value is -2.81. The normalized spacial score (nSPS) is 21.2. The SMILES string of the molecule is CN(C)C[C@H]1CCCN1c1cc(-c2cn(C(C3CC3)C3CC3)c(=O)c3c(N)n[nH]c23)nn1C. The Balaban J connectivity index is 1.46. The van der Waals surface area contributed by atoms with Gasteiger partial charge in [-0.25, -0.2) is 0 Å². The molecule has 3 aromatic heterocycles. The number of H-pyrrole nitrogens is 1. The molecule has 4 heterocycles. The number of likely N-dealkylation sites (N-methyl/N-ethyl adjacent to an activating group) is 1. The third-order valence-corrected chi connectivity index (χ3v) is 7.69. The Morgan fingerprint density at radius 3 is 2.61 bits per heavy atom. The van der Waals surface area contributed by atoms with Crippen molar-refractivity contribution in [1.29, 1.82) is 0 Å². The summed E-state index contributed by atoms with van der Waals surface area (Å²) in [4.78, 5) is 18.2. The lowest BCUT2D eigenvalue weighted by Gasteiger charge is -2.28. The topological polar surface area (TPSA) is 101 Å². The fourth-order valence-electron chi connectivity index (χ4n) is 5.90. The molecule has 3 N–H and O–H groups in total. The van der Waals surface area contributed by atoms with E-state index in [2.05, 4.69) is 40.2 Å². The smallest absolute Gasteiger partial charge is 0.264 e. The van der Waals surface area contributed by atoms with Gasteiger partial charge in [-0.1, -0.05) is 0 Å². The highest BCUT2D eigenvalue weighted by atomic mass is 16.1. The van der Waals surface area contributed by atoms with E-state index in [4.69, 9.17) is 10.8 Å². The zero-order chi connectivity index (χ0) is 22.9. The number of anilines is 2. The van der Waals surface area contributed by atoms with Crippen LogP contribution in [0, 0.1) is 11.8 Å². The minimum Gasteiger partial charge on any atom is -0.382 e. The summed E-state index contributed by atoms with van der Waals surface area (Å²) < 4.78 is 3.95. The van der Waals surface area contributed by atoms with Crippen LogP contribution >= 0.6 is 0 Å². The second-order valence-corrected chi connectivity index (χ2v) is 10.5. The average Bonchev–Trinajstić information content (AvgIpc) is 3.67. The maximum absolute atomic E-state index is 13.5. The lowest BCUT2D eigenvalue weighted by molar-refractivity contribution is 0.370. The van der Waals surface area contributed by atoms with Crippen molar-refractivity contribution < 1.29 is 0 Å². The summed E-state index contributed by atoms with van der Waals surface area (Å²) in [6, 6.07) is 2.91. The molecule has 2 aliphatic carbocycles. The van der Waals surface area contributed by atoms with E-state index in [9.17, 15) is 4.79 Å². The van der Waals surface area contributed by atoms with E-state index in [-0.39, 0.29) is 17.4 Å². The van der Waals surface area contributed by atoms with Gasteiger partial charge in [0.05, 0.1) is 11.2 Å². The molecular weight excluding hydrogens is 416 g/mol. The fraction of sp³-hybridized carbons (Fsp3) is 0.625. The van der Waals surface area contributed by atoms with Crippen LogP contribution in [-0.2, 0) is 7.05 Å². The zero-order valence-corrected chi connectivity index (χ0v) is 19.8. The molecule has 3 fully saturated rings. The summed E-state index contributed by atoms with van der Waals surface area (Å²) in [5.41, 5.74) is 8.61. The van der Waals surface area contributed by atoms with Crippen molar-refractivity contribution in [3.05, 3.63) is 22.6 Å². The molecule has 1 atom stereocenters. The molecule has 0 aromatic carbocycles. The Kier molecular flexibility index (Phi) is 4.79. The second-order valence-electron chi connectivity index (χ2n) is 10.5. The third-order valence-electron chi connectivity index (χ3n) is 7.69. The van der Waals surface area contributed by atoms with Crippen LogP contribution in [0.4, 0.5) is 11.6 Å². The van der Waals surface area contributed by atoms with Crippen molar-refractivity contribution >= 4 is 22.5 Å². The van der Waals surface area contributed by atoms with Gasteiger partial charge in [0.25, 0.3) is 5.56 Å². The molecule has 1 saturated heterocycles. The highest BCUT2D eigenvalue weighted by Gasteiger charge is 2.43. The minimum absolute atomic E-state index is 0.0226. The molecule has 9 heteroatoms. The first-order chi connectivity index (χ1) is 15.9. The van der Waals surface area contributed by atoms with Gasteiger partial charge in [0.2, 0.25) is 0 Å². The summed E-state index contributed by atoms with van der Waals surface area (Å²) in [5, 5.41) is 12.6. The molecule has 176 valence electrons. The van der Waals surface area contributed by atoms with Crippen LogP contribution in [-0.4, -0.2) is 62.7 Å². The molecule has 3 aliphatic rings. The van der Waals surface area contributed by atoms with Crippen LogP contribution in [0.15, 0.2) is 17.1 Å². The summed E-state index contributed by atoms with van der Waals surface area (Å²) in [7, 11) is 6.27. The van der Waals surface area contributed by atoms with E-state index < -0.39 is 0 Å². The van der Waals surface area contributed by atoms with Gasteiger partial charge in [-0.15, -0.1) is 0 Å². The van der Waals surface area contributed by atoms with E-state index in [1.807, 2.05) is 22.5 Å². The van der Waals surface area contributed by atoms with Gasteiger partial charge in [-0.05, 0) is 64.5 Å². The Morgan fingerprint density at radius 2 is 1.94 bits per heavy atom. The summed E-state index contributed by atoms with van der Waals surface area (Å²) >= 11 is 0. The largest absolute Gasteiger partial charge is 0.382 e. The van der Waals surface area contributed by atoms with E-state index in [0.29, 0.717) is 28.8 Å². The predicted octanol–water partition coefficient (Wildman–Crippen LogP) is 2.60. The Morgan fingerprint density at radius 1 is 1.21 bits per heavy atom. The molecule has 1 aliphatic heterocycles. The van der Waals surface area contributed by atoms with Gasteiger partial charge < -0.3 is 20.1 Å². The van der Waals surface area contributed by atoms with Crippen molar-refractivity contribution in [1.82, 2.24) is 29.4 Å². The number of nitrogen functional groups attached to an aromatic ring is 1. The first-order valence-corrected chi connectivity index (χ1v) is 12.3. The van der Waals surface area contributed by atoms with Crippen LogP contribution in [0.25, 0.3) is 22.2 Å². The average molecular weight is 451 g/mol. The summed E-state index contributed by atoms with van der Waals surface area (Å²) in [6.07, 6.45) is 9.23. The van der Waals surface area contributed by atoms with Crippen LogP contribution in [0.5, 0.6) is 0 Å². The number of nitrogens with one attached hydrogen (secondary N) is 1. The molecule has 0 unspecified atom stereocenters. The minimum atomic E-state index is -0.0226. The molecule has 0 bridgehead atoms. The van der Waals surface area contributed by atoms with Crippen molar-refractivity contribution in [2.45, 2.75) is 50.6 Å². The third kappa shape index (κ3) is 3.53. The van der Waals surface area contributed by atoms with E-state index in [1.54, 1.807) is 0 Å². The van der Waals surface area contributed by atoms with Crippen LogP contribution in [0.3, 0.4) is 0 Å². The molecule has 9 nitrogen and oxygen atoms in total. The lowest BCUT2D eigenvalue weighted by atomic mass is 10.0. The molecule has 3 aromatic rings. The second kappa shape index (κ2) is 7.62. The van der Waals surface area contributed by atoms with Gasteiger partial charge in [-0.3, -0.25) is 14.6 Å². The Labute approximate surface area is 193 Å². The number of aryl methyl sites for hydroxylation is 1. The maximum Gasteiger partial charge on any atom is 0.264 e. The van der Waals surface area contributed by atoms with Gasteiger partial charge in [-0.2, -0.15) is 10.2 Å². The van der Waals surface area contributed by atoms with Gasteiger partial charge in [0, 0.05) is 50.0 Å². The molecule has 0 radical (unpaired) electrons. The summed E-state index contributed by atoms with van der Waals surface area (Å²) in [5.74, 6) is 2.60. The number of aromatic nitrogens is 5. The number of pyridine rings is 1. The zero-order valence-electron chi connectivity index (χ0n) is 19.8. The quantitative estimate of drug-likeness (QED) is 0.574. The lowest BCUT2D eigenvalue weighted by Crippen LogP contribution is -2.38.